The summed E-state index contributed by atoms with van der Waals surface area (Å²) < 4.78 is 0. The molecule has 0 aliphatic heterocycles. The molecule has 0 saturated carbocycles. The number of hydrogen-bond donors (Lipinski definition) is 2. The highest BCUT2D eigenvalue weighted by atomic mass is 16.6. The van der Waals surface area contributed by atoms with Crippen LogP contribution in [0.5, 0.6) is 0 Å². The summed E-state index contributed by atoms with van der Waals surface area (Å²) in [6.45, 7) is 3.64. The first-order valence-corrected chi connectivity index (χ1v) is 10.5. The molecular weight excluding hydrogens is 418 g/mol. The van der Waals surface area contributed by atoms with Gasteiger partial charge in [0, 0.05) is 12.1 Å². The van der Waals surface area contributed by atoms with Crippen LogP contribution in [0.4, 0.5) is 5.69 Å². The van der Waals surface area contributed by atoms with Crippen LogP contribution in [-0.4, -0.2) is 16.7 Å². The van der Waals surface area contributed by atoms with Gasteiger partial charge in [-0.1, -0.05) is 72.8 Å². The normalized spacial score (nSPS) is 12.2. The molecule has 0 aromatic heterocycles. The van der Waals surface area contributed by atoms with Crippen molar-refractivity contribution in [3.05, 3.63) is 117 Å². The molecule has 0 aliphatic carbocycles. The van der Waals surface area contributed by atoms with Crippen LogP contribution in [0.15, 0.2) is 90.5 Å². The number of non-ortho nitro benzene ring substituents is 1. The molecular formula is C26H25N3O4. The summed E-state index contributed by atoms with van der Waals surface area (Å²) in [6, 6.07) is 23.9. The van der Waals surface area contributed by atoms with Gasteiger partial charge in [0.05, 0.1) is 17.0 Å². The Bertz CT molecular complexity index is 1100. The maximum Gasteiger partial charge on any atom is 0.270 e. The van der Waals surface area contributed by atoms with Crippen molar-refractivity contribution in [2.75, 3.05) is 0 Å². The van der Waals surface area contributed by atoms with E-state index in [1.54, 1.807) is 6.07 Å². The maximum atomic E-state index is 13.1. The third-order valence-corrected chi connectivity index (χ3v) is 5.18. The Hall–Kier alpha value is -4.26. The number of rotatable bonds is 8. The highest BCUT2D eigenvalue weighted by Gasteiger charge is 2.22. The Morgan fingerprint density at radius 1 is 0.788 bits per heavy atom. The van der Waals surface area contributed by atoms with Gasteiger partial charge in [0.2, 0.25) is 0 Å². The second-order valence-electron chi connectivity index (χ2n) is 7.62. The number of carbonyl (C=O) groups is 2. The third-order valence-electron chi connectivity index (χ3n) is 5.18. The van der Waals surface area contributed by atoms with Crippen molar-refractivity contribution in [3.63, 3.8) is 0 Å². The lowest BCUT2D eigenvalue weighted by atomic mass is 10.0. The molecule has 3 rings (SSSR count). The monoisotopic (exact) mass is 443 g/mol. The molecule has 0 bridgehead atoms. The van der Waals surface area contributed by atoms with Gasteiger partial charge in [0.1, 0.15) is 5.57 Å². The number of nitro benzene ring substituents is 1. The Morgan fingerprint density at radius 3 is 1.73 bits per heavy atom. The molecule has 0 fully saturated rings. The number of benzene rings is 3. The number of carbonyl (C=O) groups excluding carboxylic acids is 2. The highest BCUT2D eigenvalue weighted by Crippen LogP contribution is 2.19. The zero-order valence-electron chi connectivity index (χ0n) is 18.4. The van der Waals surface area contributed by atoms with Crippen LogP contribution in [0.2, 0.25) is 0 Å². The lowest BCUT2D eigenvalue weighted by molar-refractivity contribution is -0.384. The topological polar surface area (TPSA) is 101 Å². The molecule has 2 amide bonds. The van der Waals surface area contributed by atoms with Crippen molar-refractivity contribution in [3.8, 4) is 0 Å². The van der Waals surface area contributed by atoms with Crippen LogP contribution in [0.1, 0.15) is 42.6 Å². The van der Waals surface area contributed by atoms with Gasteiger partial charge in [0.25, 0.3) is 17.5 Å². The SMILES string of the molecule is C[C@@H](NC(=O)C(=Cc1cccc([N+](=O)[O-])c1)C(=O)N[C@H](C)c1ccccc1)c1ccccc1. The minimum absolute atomic E-state index is 0.126. The Labute approximate surface area is 192 Å². The third kappa shape index (κ3) is 6.36. The van der Waals surface area contributed by atoms with Gasteiger partial charge >= 0.3 is 0 Å². The molecule has 168 valence electrons. The van der Waals surface area contributed by atoms with Gasteiger partial charge < -0.3 is 10.6 Å². The van der Waals surface area contributed by atoms with E-state index in [2.05, 4.69) is 10.6 Å². The fraction of sp³-hybridized carbons (Fsp3) is 0.154. The largest absolute Gasteiger partial charge is 0.345 e. The molecule has 3 aromatic carbocycles. The van der Waals surface area contributed by atoms with Gasteiger partial charge in [-0.2, -0.15) is 0 Å². The molecule has 2 atom stereocenters. The predicted octanol–water partition coefficient (Wildman–Crippen LogP) is 4.73. The van der Waals surface area contributed by atoms with Gasteiger partial charge in [-0.3, -0.25) is 19.7 Å². The summed E-state index contributed by atoms with van der Waals surface area (Å²) >= 11 is 0. The summed E-state index contributed by atoms with van der Waals surface area (Å²) in [6.07, 6.45) is 1.37. The first-order chi connectivity index (χ1) is 15.8. The highest BCUT2D eigenvalue weighted by molar-refractivity contribution is 6.21. The van der Waals surface area contributed by atoms with E-state index in [0.29, 0.717) is 5.56 Å². The molecule has 33 heavy (non-hydrogen) atoms. The van der Waals surface area contributed by atoms with Crippen molar-refractivity contribution in [1.29, 1.82) is 0 Å². The van der Waals surface area contributed by atoms with E-state index >= 15 is 0 Å². The number of nitrogens with zero attached hydrogens (tertiary/aromatic N) is 1. The number of hydrogen-bond acceptors (Lipinski definition) is 4. The predicted molar refractivity (Wildman–Crippen MR) is 127 cm³/mol. The first kappa shape index (κ1) is 23.4. The molecule has 2 N–H and O–H groups in total. The minimum Gasteiger partial charge on any atom is -0.345 e. The van der Waals surface area contributed by atoms with Gasteiger partial charge in [-0.15, -0.1) is 0 Å². The Morgan fingerprint density at radius 2 is 1.27 bits per heavy atom. The molecule has 0 heterocycles. The lowest BCUT2D eigenvalue weighted by Crippen LogP contribution is -2.36. The summed E-state index contributed by atoms with van der Waals surface area (Å²) in [5.74, 6) is -1.15. The number of nitro groups is 1. The minimum atomic E-state index is -0.573. The van der Waals surface area contributed by atoms with Crippen LogP contribution < -0.4 is 10.6 Å². The molecule has 0 spiro atoms. The van der Waals surface area contributed by atoms with E-state index in [4.69, 9.17) is 0 Å². The average Bonchev–Trinajstić information content (AvgIpc) is 2.83. The fourth-order valence-corrected chi connectivity index (χ4v) is 3.33. The summed E-state index contributed by atoms with van der Waals surface area (Å²) in [5.41, 5.74) is 1.89. The zero-order chi connectivity index (χ0) is 23.8. The molecule has 7 heteroatoms. The van der Waals surface area contributed by atoms with Crippen LogP contribution >= 0.6 is 0 Å². The quantitative estimate of drug-likeness (QED) is 0.173. The van der Waals surface area contributed by atoms with E-state index in [9.17, 15) is 19.7 Å². The average molecular weight is 444 g/mol. The van der Waals surface area contributed by atoms with Gasteiger partial charge in [-0.25, -0.2) is 0 Å². The van der Waals surface area contributed by atoms with Gasteiger partial charge in [0.15, 0.2) is 0 Å². The molecule has 0 radical (unpaired) electrons. The van der Waals surface area contributed by atoms with Crippen LogP contribution in [0.3, 0.4) is 0 Å². The van der Waals surface area contributed by atoms with Crippen molar-refractivity contribution in [1.82, 2.24) is 10.6 Å². The molecule has 3 aromatic rings. The van der Waals surface area contributed by atoms with E-state index in [0.717, 1.165) is 11.1 Å². The van der Waals surface area contributed by atoms with Crippen LogP contribution in [0.25, 0.3) is 6.08 Å². The van der Waals surface area contributed by atoms with Crippen molar-refractivity contribution in [2.45, 2.75) is 25.9 Å². The second kappa shape index (κ2) is 10.9. The van der Waals surface area contributed by atoms with Crippen molar-refractivity contribution < 1.29 is 14.5 Å². The Kier molecular flexibility index (Phi) is 7.70. The van der Waals surface area contributed by atoms with Gasteiger partial charge in [-0.05, 0) is 36.6 Å². The summed E-state index contributed by atoms with van der Waals surface area (Å²) in [5, 5.41) is 16.8. The van der Waals surface area contributed by atoms with Crippen molar-refractivity contribution >= 4 is 23.6 Å². The first-order valence-electron chi connectivity index (χ1n) is 10.5. The van der Waals surface area contributed by atoms with Crippen molar-refractivity contribution in [2.24, 2.45) is 0 Å². The lowest BCUT2D eigenvalue weighted by Gasteiger charge is -2.18. The standard InChI is InChI=1S/C26H25N3O4/c1-18(21-11-5-3-6-12-21)27-25(30)24(17-20-10-9-15-23(16-20)29(32)33)26(31)28-19(2)22-13-7-4-8-14-22/h3-19H,1-2H3,(H,27,30)(H,28,31)/t18-,19-/m1/s1. The molecule has 0 aliphatic rings. The smallest absolute Gasteiger partial charge is 0.270 e. The molecule has 0 unspecified atom stereocenters. The number of nitrogens with one attached hydrogen (secondary N) is 2. The second-order valence-corrected chi connectivity index (χ2v) is 7.62. The maximum absolute atomic E-state index is 13.1. The van der Waals surface area contributed by atoms with E-state index in [-0.39, 0.29) is 23.3 Å². The van der Waals surface area contributed by atoms with Crippen LogP contribution in [0, 0.1) is 10.1 Å². The number of amides is 2. The zero-order valence-corrected chi connectivity index (χ0v) is 18.4. The summed E-state index contributed by atoms with van der Waals surface area (Å²) in [4.78, 5) is 36.9. The van der Waals surface area contributed by atoms with E-state index < -0.39 is 16.7 Å². The molecule has 0 saturated heterocycles. The Balaban J connectivity index is 1.89. The molecule has 7 nitrogen and oxygen atoms in total. The van der Waals surface area contributed by atoms with Crippen LogP contribution in [-0.2, 0) is 9.59 Å². The fourth-order valence-electron chi connectivity index (χ4n) is 3.33. The van der Waals surface area contributed by atoms with E-state index in [1.165, 1.54) is 24.3 Å². The van der Waals surface area contributed by atoms with E-state index in [1.807, 2.05) is 74.5 Å². The summed E-state index contributed by atoms with van der Waals surface area (Å²) in [7, 11) is 0.